The first kappa shape index (κ1) is 8.65. The lowest BCUT2D eigenvalue weighted by Crippen LogP contribution is -2.15. The molecule has 0 aromatic carbocycles. The normalized spacial score (nSPS) is 28.1. The highest BCUT2D eigenvalue weighted by atomic mass is 16.5. The van der Waals surface area contributed by atoms with Gasteiger partial charge in [0.05, 0.1) is 19.3 Å². The number of rotatable bonds is 3. The number of aromatic nitrogens is 3. The summed E-state index contributed by atoms with van der Waals surface area (Å²) in [6.07, 6.45) is 4.28. The Bertz CT molecular complexity index is 250. The molecule has 13 heavy (non-hydrogen) atoms. The quantitative estimate of drug-likeness (QED) is 0.697. The minimum absolute atomic E-state index is 0.179. The van der Waals surface area contributed by atoms with E-state index in [0.717, 1.165) is 13.0 Å². The van der Waals surface area contributed by atoms with E-state index in [0.29, 0.717) is 12.5 Å². The van der Waals surface area contributed by atoms with Crippen molar-refractivity contribution in [3.63, 3.8) is 0 Å². The van der Waals surface area contributed by atoms with E-state index in [1.165, 1.54) is 6.33 Å². The Morgan fingerprint density at radius 3 is 3.15 bits per heavy atom. The van der Waals surface area contributed by atoms with Crippen molar-refractivity contribution in [3.05, 3.63) is 12.7 Å². The summed E-state index contributed by atoms with van der Waals surface area (Å²) in [6, 6.07) is 0. The highest BCUT2D eigenvalue weighted by Gasteiger charge is 2.25. The number of nitrogens with zero attached hydrogens (tertiary/aromatic N) is 3. The lowest BCUT2D eigenvalue weighted by Gasteiger charge is -2.07. The van der Waals surface area contributed by atoms with Gasteiger partial charge in [-0.25, -0.2) is 4.98 Å². The van der Waals surface area contributed by atoms with Gasteiger partial charge in [0, 0.05) is 12.5 Å². The van der Waals surface area contributed by atoms with Crippen molar-refractivity contribution in [1.82, 2.24) is 14.8 Å². The van der Waals surface area contributed by atoms with Crippen LogP contribution in [0, 0.1) is 5.92 Å². The van der Waals surface area contributed by atoms with E-state index < -0.39 is 0 Å². The van der Waals surface area contributed by atoms with Gasteiger partial charge in [0.15, 0.2) is 0 Å². The fraction of sp³-hybridized carbons (Fsp3) is 0.750. The molecule has 2 heterocycles. The van der Waals surface area contributed by atoms with E-state index >= 15 is 0 Å². The van der Waals surface area contributed by atoms with E-state index in [1.807, 2.05) is 0 Å². The van der Waals surface area contributed by atoms with Crippen LogP contribution in [0.2, 0.25) is 0 Å². The molecule has 2 atom stereocenters. The highest BCUT2D eigenvalue weighted by Crippen LogP contribution is 2.19. The maximum atomic E-state index is 8.90. The molecule has 1 fully saturated rings. The van der Waals surface area contributed by atoms with E-state index in [9.17, 15) is 0 Å². The second kappa shape index (κ2) is 3.85. The molecule has 1 saturated heterocycles. The molecule has 5 nitrogen and oxygen atoms in total. The molecular formula is C8H13N3O2. The van der Waals surface area contributed by atoms with Crippen molar-refractivity contribution in [2.24, 2.45) is 5.92 Å². The molecule has 1 aromatic heterocycles. The third kappa shape index (κ3) is 2.05. The first-order valence-electron chi connectivity index (χ1n) is 4.43. The van der Waals surface area contributed by atoms with Crippen molar-refractivity contribution in [2.75, 3.05) is 13.2 Å². The summed E-state index contributed by atoms with van der Waals surface area (Å²) in [5.74, 6) is 0.300. The second-order valence-electron chi connectivity index (χ2n) is 3.36. The maximum Gasteiger partial charge on any atom is 0.137 e. The minimum Gasteiger partial charge on any atom is -0.396 e. The Balaban J connectivity index is 1.84. The van der Waals surface area contributed by atoms with Gasteiger partial charge < -0.3 is 9.84 Å². The molecule has 1 aromatic rings. The van der Waals surface area contributed by atoms with Crippen LogP contribution in [0.15, 0.2) is 12.7 Å². The van der Waals surface area contributed by atoms with Crippen LogP contribution >= 0.6 is 0 Å². The predicted molar refractivity (Wildman–Crippen MR) is 45.0 cm³/mol. The van der Waals surface area contributed by atoms with Crippen LogP contribution in [-0.2, 0) is 11.3 Å². The van der Waals surface area contributed by atoms with E-state index in [2.05, 4.69) is 10.1 Å². The zero-order valence-corrected chi connectivity index (χ0v) is 7.33. The SMILES string of the molecule is OC[C@@H]1CO[C@H](Cn2cncn2)C1. The van der Waals surface area contributed by atoms with Crippen molar-refractivity contribution in [1.29, 1.82) is 0 Å². The largest absolute Gasteiger partial charge is 0.396 e. The molecule has 5 heteroatoms. The summed E-state index contributed by atoms with van der Waals surface area (Å²) in [6.45, 7) is 1.61. The number of hydrogen-bond donors (Lipinski definition) is 1. The summed E-state index contributed by atoms with van der Waals surface area (Å²) >= 11 is 0. The lowest BCUT2D eigenvalue weighted by molar-refractivity contribution is 0.0867. The van der Waals surface area contributed by atoms with Gasteiger partial charge in [0.1, 0.15) is 12.7 Å². The zero-order chi connectivity index (χ0) is 9.10. The Morgan fingerprint density at radius 1 is 1.62 bits per heavy atom. The number of aliphatic hydroxyl groups is 1. The monoisotopic (exact) mass is 183 g/mol. The lowest BCUT2D eigenvalue weighted by atomic mass is 10.1. The molecule has 1 aliphatic heterocycles. The molecule has 72 valence electrons. The molecule has 0 aliphatic carbocycles. The fourth-order valence-corrected chi connectivity index (χ4v) is 1.57. The maximum absolute atomic E-state index is 8.90. The van der Waals surface area contributed by atoms with E-state index in [1.54, 1.807) is 11.0 Å². The van der Waals surface area contributed by atoms with Gasteiger partial charge in [0.25, 0.3) is 0 Å². The third-order valence-corrected chi connectivity index (χ3v) is 2.28. The van der Waals surface area contributed by atoms with Gasteiger partial charge in [-0.3, -0.25) is 4.68 Å². The van der Waals surface area contributed by atoms with Crippen LogP contribution in [0.5, 0.6) is 0 Å². The van der Waals surface area contributed by atoms with E-state index in [4.69, 9.17) is 9.84 Å². The summed E-state index contributed by atoms with van der Waals surface area (Å²) in [7, 11) is 0. The standard InChI is InChI=1S/C8H13N3O2/c12-3-7-1-8(13-4-7)2-11-6-9-5-10-11/h5-8,12H,1-4H2/t7-,8+/m1/s1. The second-order valence-corrected chi connectivity index (χ2v) is 3.36. The molecule has 0 bridgehead atoms. The minimum atomic E-state index is 0.179. The zero-order valence-electron chi connectivity index (χ0n) is 7.33. The highest BCUT2D eigenvalue weighted by molar-refractivity contribution is 4.73. The van der Waals surface area contributed by atoms with Crippen LogP contribution in [0.4, 0.5) is 0 Å². The fourth-order valence-electron chi connectivity index (χ4n) is 1.57. The smallest absolute Gasteiger partial charge is 0.137 e. The van der Waals surface area contributed by atoms with Crippen LogP contribution in [0.1, 0.15) is 6.42 Å². The van der Waals surface area contributed by atoms with Gasteiger partial charge in [-0.2, -0.15) is 5.10 Å². The van der Waals surface area contributed by atoms with Crippen molar-refractivity contribution in [2.45, 2.75) is 19.1 Å². The molecule has 0 radical (unpaired) electrons. The average molecular weight is 183 g/mol. The molecule has 1 aliphatic rings. The number of hydrogen-bond acceptors (Lipinski definition) is 4. The summed E-state index contributed by atoms with van der Waals surface area (Å²) in [5, 5.41) is 12.9. The Hall–Kier alpha value is -0.940. The van der Waals surface area contributed by atoms with E-state index in [-0.39, 0.29) is 12.7 Å². The third-order valence-electron chi connectivity index (χ3n) is 2.28. The predicted octanol–water partition coefficient (Wildman–Crippen LogP) is -0.325. The topological polar surface area (TPSA) is 60.2 Å². The van der Waals surface area contributed by atoms with Gasteiger partial charge in [-0.15, -0.1) is 0 Å². The molecule has 0 unspecified atom stereocenters. The first-order valence-corrected chi connectivity index (χ1v) is 4.43. The van der Waals surface area contributed by atoms with Crippen LogP contribution < -0.4 is 0 Å². The number of ether oxygens (including phenoxy) is 1. The van der Waals surface area contributed by atoms with Gasteiger partial charge >= 0.3 is 0 Å². The Morgan fingerprint density at radius 2 is 2.54 bits per heavy atom. The Labute approximate surface area is 76.3 Å². The first-order chi connectivity index (χ1) is 6.38. The van der Waals surface area contributed by atoms with Crippen LogP contribution in [0.25, 0.3) is 0 Å². The molecule has 0 amide bonds. The van der Waals surface area contributed by atoms with Crippen molar-refractivity contribution < 1.29 is 9.84 Å². The molecule has 0 spiro atoms. The number of aliphatic hydroxyl groups excluding tert-OH is 1. The summed E-state index contributed by atoms with van der Waals surface area (Å²) in [5.41, 5.74) is 0. The Kier molecular flexibility index (Phi) is 2.56. The molecular weight excluding hydrogens is 170 g/mol. The summed E-state index contributed by atoms with van der Waals surface area (Å²) < 4.78 is 7.24. The molecule has 2 rings (SSSR count). The summed E-state index contributed by atoms with van der Waals surface area (Å²) in [4.78, 5) is 3.85. The van der Waals surface area contributed by atoms with Crippen molar-refractivity contribution >= 4 is 0 Å². The van der Waals surface area contributed by atoms with Gasteiger partial charge in [-0.1, -0.05) is 0 Å². The van der Waals surface area contributed by atoms with Gasteiger partial charge in [0.2, 0.25) is 0 Å². The molecule has 1 N–H and O–H groups in total. The van der Waals surface area contributed by atoms with Crippen LogP contribution in [0.3, 0.4) is 0 Å². The van der Waals surface area contributed by atoms with Crippen molar-refractivity contribution in [3.8, 4) is 0 Å². The molecule has 0 saturated carbocycles. The van der Waals surface area contributed by atoms with Crippen LogP contribution in [-0.4, -0.2) is 39.2 Å². The van der Waals surface area contributed by atoms with Gasteiger partial charge in [-0.05, 0) is 6.42 Å². The average Bonchev–Trinajstić information content (AvgIpc) is 2.76.